The summed E-state index contributed by atoms with van der Waals surface area (Å²) >= 11 is 6.51. The summed E-state index contributed by atoms with van der Waals surface area (Å²) in [7, 11) is 0. The topological polar surface area (TPSA) is 108 Å². The van der Waals surface area contributed by atoms with Gasteiger partial charge in [0, 0.05) is 0 Å². The zero-order valence-corrected chi connectivity index (χ0v) is 18.2. The molecule has 1 unspecified atom stereocenters. The van der Waals surface area contributed by atoms with Crippen LogP contribution in [-0.2, 0) is 4.74 Å². The van der Waals surface area contributed by atoms with Crippen LogP contribution in [0.1, 0.15) is 32.4 Å². The van der Waals surface area contributed by atoms with Crippen LogP contribution in [0.15, 0.2) is 6.33 Å². The van der Waals surface area contributed by atoms with Gasteiger partial charge < -0.3 is 20.3 Å². The molecule has 0 aliphatic carbocycles. The normalized spacial score (nSPS) is 25.5. The summed E-state index contributed by atoms with van der Waals surface area (Å²) in [6.45, 7) is 5.71. The maximum absolute atomic E-state index is 10.6. The van der Waals surface area contributed by atoms with Crippen molar-refractivity contribution in [1.82, 2.24) is 19.5 Å². The van der Waals surface area contributed by atoms with Crippen molar-refractivity contribution >= 4 is 41.9 Å². The van der Waals surface area contributed by atoms with E-state index in [1.165, 1.54) is 0 Å². The Morgan fingerprint density at radius 2 is 2.18 bits per heavy atom. The molecule has 1 aliphatic rings. The molecule has 0 aromatic carbocycles. The lowest BCUT2D eigenvalue weighted by atomic mass is 10.1. The smallest absolute Gasteiger partial charge is 0.247 e. The van der Waals surface area contributed by atoms with Crippen LogP contribution in [0.4, 0.5) is 5.95 Å². The van der Waals surface area contributed by atoms with Crippen LogP contribution in [0, 0.1) is 0 Å². The van der Waals surface area contributed by atoms with E-state index in [2.05, 4.69) is 41.5 Å². The number of aliphatic hydroxyl groups excluding tert-OH is 1. The SMILES string of the molecule is C=P(C)(C)CC[C@H]1OC(n2cnc3c(OCCCC)nc(N)nc32)[C@H](Cl)[C@@H]1O. The van der Waals surface area contributed by atoms with E-state index in [1.807, 2.05) is 0 Å². The summed E-state index contributed by atoms with van der Waals surface area (Å²) in [6, 6.07) is 0. The molecule has 2 aromatic heterocycles. The molecule has 3 rings (SSSR count). The first-order chi connectivity index (χ1) is 13.2. The third-order valence-corrected chi connectivity index (χ3v) is 6.67. The molecule has 3 N–H and O–H groups in total. The number of imidazole rings is 1. The highest BCUT2D eigenvalue weighted by molar-refractivity contribution is 7.72. The molecule has 10 heteroatoms. The van der Waals surface area contributed by atoms with E-state index in [0.717, 1.165) is 19.0 Å². The predicted octanol–water partition coefficient (Wildman–Crippen LogP) is 2.55. The van der Waals surface area contributed by atoms with E-state index in [0.29, 0.717) is 30.1 Å². The third kappa shape index (κ3) is 4.62. The lowest BCUT2D eigenvalue weighted by Crippen LogP contribution is -2.28. The number of rotatable bonds is 8. The van der Waals surface area contributed by atoms with Crippen LogP contribution < -0.4 is 10.5 Å². The predicted molar refractivity (Wildman–Crippen MR) is 115 cm³/mol. The molecule has 1 fully saturated rings. The van der Waals surface area contributed by atoms with Gasteiger partial charge in [-0.2, -0.15) is 9.97 Å². The van der Waals surface area contributed by atoms with Crippen LogP contribution in [0.2, 0.25) is 0 Å². The van der Waals surface area contributed by atoms with Gasteiger partial charge in [0.05, 0.1) is 19.0 Å². The van der Waals surface area contributed by atoms with Gasteiger partial charge in [0.2, 0.25) is 11.8 Å². The maximum Gasteiger partial charge on any atom is 0.247 e. The number of anilines is 1. The fourth-order valence-electron chi connectivity index (χ4n) is 3.15. The Morgan fingerprint density at radius 1 is 1.43 bits per heavy atom. The van der Waals surface area contributed by atoms with Gasteiger partial charge in [0.25, 0.3) is 0 Å². The first kappa shape index (κ1) is 21.4. The van der Waals surface area contributed by atoms with Gasteiger partial charge in [-0.3, -0.25) is 4.57 Å². The molecule has 0 spiro atoms. The number of aliphatic hydroxyl groups is 1. The molecule has 156 valence electrons. The summed E-state index contributed by atoms with van der Waals surface area (Å²) in [6.07, 6.45) is 7.60. The fraction of sp³-hybridized carbons (Fsp3) is 0.667. The highest BCUT2D eigenvalue weighted by Crippen LogP contribution is 2.41. The van der Waals surface area contributed by atoms with Crippen molar-refractivity contribution in [2.24, 2.45) is 0 Å². The Kier molecular flexibility index (Phi) is 6.54. The van der Waals surface area contributed by atoms with Crippen molar-refractivity contribution in [3.8, 4) is 5.88 Å². The third-order valence-electron chi connectivity index (χ3n) is 4.73. The zero-order chi connectivity index (χ0) is 20.5. The van der Waals surface area contributed by atoms with Gasteiger partial charge in [-0.1, -0.05) is 13.3 Å². The summed E-state index contributed by atoms with van der Waals surface area (Å²) < 4.78 is 13.5. The molecule has 1 aliphatic heterocycles. The van der Waals surface area contributed by atoms with Gasteiger partial charge in [-0.15, -0.1) is 24.8 Å². The van der Waals surface area contributed by atoms with Gasteiger partial charge in [0.15, 0.2) is 17.4 Å². The number of nitrogens with zero attached hydrogens (tertiary/aromatic N) is 4. The number of fused-ring (bicyclic) bond motifs is 1. The van der Waals surface area contributed by atoms with E-state index >= 15 is 0 Å². The van der Waals surface area contributed by atoms with Crippen LogP contribution in [0.3, 0.4) is 0 Å². The van der Waals surface area contributed by atoms with Crippen LogP contribution >= 0.6 is 18.5 Å². The lowest BCUT2D eigenvalue weighted by molar-refractivity contribution is -0.0176. The van der Waals surface area contributed by atoms with Crippen molar-refractivity contribution in [3.63, 3.8) is 0 Å². The standard InChI is InChI=1S/C18H29ClN5O3P/c1-5-6-8-26-16-13-15(22-18(20)23-16)24(10-21-13)17-12(19)14(25)11(27-17)7-9-28(2,3)4/h10-12,14,17,25H,2,5-9H2,1,3-4H3,(H2,20,22,23)/t11-,12-,14-,17?/m1/s1. The van der Waals surface area contributed by atoms with E-state index in [-0.39, 0.29) is 12.1 Å². The van der Waals surface area contributed by atoms with Gasteiger partial charge in [-0.25, -0.2) is 4.98 Å². The van der Waals surface area contributed by atoms with E-state index < -0.39 is 24.6 Å². The van der Waals surface area contributed by atoms with Crippen molar-refractivity contribution in [2.75, 3.05) is 31.8 Å². The highest BCUT2D eigenvalue weighted by atomic mass is 35.5. The highest BCUT2D eigenvalue weighted by Gasteiger charge is 2.44. The minimum absolute atomic E-state index is 0.0885. The molecule has 0 amide bonds. The number of alkyl halides is 1. The summed E-state index contributed by atoms with van der Waals surface area (Å²) in [5, 5.41) is 9.94. The molecule has 4 atom stereocenters. The Hall–Kier alpha value is -1.34. The molecule has 0 saturated carbocycles. The van der Waals surface area contributed by atoms with Gasteiger partial charge in [0.1, 0.15) is 11.5 Å². The fourth-order valence-corrected chi connectivity index (χ4v) is 4.45. The molecule has 2 aromatic rings. The van der Waals surface area contributed by atoms with Crippen molar-refractivity contribution in [3.05, 3.63) is 6.33 Å². The minimum Gasteiger partial charge on any atom is -0.476 e. The molecular formula is C18H29ClN5O3P. The Morgan fingerprint density at radius 3 is 2.86 bits per heavy atom. The monoisotopic (exact) mass is 429 g/mol. The van der Waals surface area contributed by atoms with Crippen LogP contribution in [-0.4, -0.2) is 74.6 Å². The van der Waals surface area contributed by atoms with E-state index in [1.54, 1.807) is 10.9 Å². The number of unbranched alkanes of at least 4 members (excludes halogenated alkanes) is 1. The molecule has 0 bridgehead atoms. The number of nitrogen functional groups attached to an aromatic ring is 1. The van der Waals surface area contributed by atoms with Crippen molar-refractivity contribution in [1.29, 1.82) is 0 Å². The Balaban J connectivity index is 1.86. The molecule has 8 nitrogen and oxygen atoms in total. The number of ether oxygens (including phenoxy) is 2. The number of hydrogen-bond acceptors (Lipinski definition) is 7. The number of halogens is 1. The Labute approximate surface area is 170 Å². The Bertz CT molecular complexity index is 870. The number of hydrogen-bond donors (Lipinski definition) is 2. The van der Waals surface area contributed by atoms with Crippen molar-refractivity contribution in [2.45, 2.75) is 50.0 Å². The largest absolute Gasteiger partial charge is 0.476 e. The van der Waals surface area contributed by atoms with Gasteiger partial charge in [-0.05, 0) is 32.3 Å². The average Bonchev–Trinajstić information content (AvgIpc) is 3.15. The quantitative estimate of drug-likeness (QED) is 0.377. The molecule has 0 radical (unpaired) electrons. The second kappa shape index (κ2) is 8.57. The second-order valence-corrected chi connectivity index (χ2v) is 12.7. The maximum atomic E-state index is 10.6. The van der Waals surface area contributed by atoms with Crippen LogP contribution in [0.5, 0.6) is 5.88 Å². The lowest BCUT2D eigenvalue weighted by Gasteiger charge is -2.18. The van der Waals surface area contributed by atoms with E-state index in [4.69, 9.17) is 26.8 Å². The molecular weight excluding hydrogens is 401 g/mol. The van der Waals surface area contributed by atoms with Crippen LogP contribution in [0.25, 0.3) is 11.2 Å². The average molecular weight is 430 g/mol. The summed E-state index contributed by atoms with van der Waals surface area (Å²) in [5.74, 6) is 0.435. The molecule has 3 heterocycles. The molecule has 1 saturated heterocycles. The second-order valence-electron chi connectivity index (χ2n) is 7.86. The summed E-state index contributed by atoms with van der Waals surface area (Å²) in [4.78, 5) is 12.8. The van der Waals surface area contributed by atoms with E-state index in [9.17, 15) is 5.11 Å². The minimum atomic E-state index is -1.22. The number of aromatic nitrogens is 4. The first-order valence-corrected chi connectivity index (χ1v) is 13.0. The molecule has 28 heavy (non-hydrogen) atoms. The van der Waals surface area contributed by atoms with Crippen molar-refractivity contribution < 1.29 is 14.6 Å². The number of nitrogens with two attached hydrogens (primary N) is 1. The zero-order valence-electron chi connectivity index (χ0n) is 16.6. The first-order valence-electron chi connectivity index (χ1n) is 9.49. The summed E-state index contributed by atoms with van der Waals surface area (Å²) in [5.41, 5.74) is 6.85. The van der Waals surface area contributed by atoms with Gasteiger partial charge >= 0.3 is 0 Å².